The first-order valence-corrected chi connectivity index (χ1v) is 7.27. The van der Waals surface area contributed by atoms with Gasteiger partial charge in [0.05, 0.1) is 0 Å². The summed E-state index contributed by atoms with van der Waals surface area (Å²) >= 11 is 0. The fourth-order valence-electron chi connectivity index (χ4n) is 1.87. The second-order valence-corrected chi connectivity index (χ2v) is 6.06. The summed E-state index contributed by atoms with van der Waals surface area (Å²) in [5, 5.41) is 3.23. The van der Waals surface area contributed by atoms with E-state index in [1.54, 1.807) is 0 Å². The van der Waals surface area contributed by atoms with Gasteiger partial charge in [-0.05, 0) is 25.5 Å². The normalized spacial score (nSPS) is 11.3. The molecule has 21 heavy (non-hydrogen) atoms. The Hall–Kier alpha value is -2.10. The Morgan fingerprint density at radius 1 is 1.14 bits per heavy atom. The smallest absolute Gasteiger partial charge is 0.224 e. The number of ether oxygens (including phenoxy) is 1. The van der Waals surface area contributed by atoms with Gasteiger partial charge in [-0.2, -0.15) is 4.98 Å². The predicted molar refractivity (Wildman–Crippen MR) is 86.1 cm³/mol. The molecule has 112 valence electrons. The molecule has 4 heteroatoms. The van der Waals surface area contributed by atoms with Gasteiger partial charge < -0.3 is 10.1 Å². The molecule has 0 saturated carbocycles. The van der Waals surface area contributed by atoms with E-state index >= 15 is 0 Å². The summed E-state index contributed by atoms with van der Waals surface area (Å²) < 4.78 is 5.94. The molecule has 0 spiro atoms. The van der Waals surface area contributed by atoms with E-state index in [9.17, 15) is 0 Å². The molecular formula is C17H23N3O. The molecule has 0 saturated heterocycles. The molecule has 0 aliphatic heterocycles. The van der Waals surface area contributed by atoms with Gasteiger partial charge in [0.1, 0.15) is 17.4 Å². The number of rotatable bonds is 4. The number of para-hydroxylation sites is 1. The summed E-state index contributed by atoms with van der Waals surface area (Å²) in [4.78, 5) is 9.11. The highest BCUT2D eigenvalue weighted by Crippen LogP contribution is 2.27. The monoisotopic (exact) mass is 285 g/mol. The van der Waals surface area contributed by atoms with Crippen LogP contribution in [-0.2, 0) is 5.41 Å². The van der Waals surface area contributed by atoms with Crippen LogP contribution in [0.2, 0.25) is 0 Å². The minimum absolute atomic E-state index is 0.130. The van der Waals surface area contributed by atoms with Crippen molar-refractivity contribution in [1.29, 1.82) is 0 Å². The van der Waals surface area contributed by atoms with Crippen molar-refractivity contribution in [3.8, 4) is 11.6 Å². The molecule has 0 radical (unpaired) electrons. The Morgan fingerprint density at radius 3 is 2.48 bits per heavy atom. The molecule has 0 unspecified atom stereocenters. The molecule has 2 rings (SSSR count). The van der Waals surface area contributed by atoms with E-state index in [2.05, 4.69) is 36.1 Å². The number of hydrogen-bond acceptors (Lipinski definition) is 4. The number of benzene rings is 1. The third-order valence-corrected chi connectivity index (χ3v) is 3.04. The fraction of sp³-hybridized carbons (Fsp3) is 0.412. The lowest BCUT2D eigenvalue weighted by atomic mass is 9.96. The zero-order valence-electron chi connectivity index (χ0n) is 13.4. The molecule has 1 heterocycles. The number of anilines is 1. The average Bonchev–Trinajstić information content (AvgIpc) is 2.41. The van der Waals surface area contributed by atoms with Gasteiger partial charge in [-0.25, -0.2) is 4.98 Å². The van der Waals surface area contributed by atoms with Crippen molar-refractivity contribution < 1.29 is 4.74 Å². The van der Waals surface area contributed by atoms with Gasteiger partial charge in [0.25, 0.3) is 0 Å². The maximum atomic E-state index is 5.94. The highest BCUT2D eigenvalue weighted by molar-refractivity contribution is 5.42. The van der Waals surface area contributed by atoms with Crippen LogP contribution in [0.15, 0.2) is 30.3 Å². The Bertz CT molecular complexity index is 618. The second-order valence-electron chi connectivity index (χ2n) is 6.06. The van der Waals surface area contributed by atoms with Crippen LogP contribution in [0.25, 0.3) is 0 Å². The van der Waals surface area contributed by atoms with Gasteiger partial charge in [0, 0.05) is 18.0 Å². The van der Waals surface area contributed by atoms with E-state index in [-0.39, 0.29) is 5.41 Å². The van der Waals surface area contributed by atoms with Crippen molar-refractivity contribution >= 4 is 5.82 Å². The van der Waals surface area contributed by atoms with Crippen LogP contribution in [0.4, 0.5) is 5.82 Å². The lowest BCUT2D eigenvalue weighted by molar-refractivity contribution is 0.443. The number of aromatic nitrogens is 2. The summed E-state index contributed by atoms with van der Waals surface area (Å²) in [6.45, 7) is 11.2. The first-order chi connectivity index (χ1) is 9.90. The van der Waals surface area contributed by atoms with Gasteiger partial charge >= 0.3 is 0 Å². The number of nitrogens with one attached hydrogen (secondary N) is 1. The lowest BCUT2D eigenvalue weighted by Crippen LogP contribution is -2.17. The van der Waals surface area contributed by atoms with Crippen molar-refractivity contribution in [3.05, 3.63) is 41.7 Å². The van der Waals surface area contributed by atoms with Gasteiger partial charge in [-0.15, -0.1) is 0 Å². The van der Waals surface area contributed by atoms with Gasteiger partial charge in [-0.3, -0.25) is 0 Å². The van der Waals surface area contributed by atoms with E-state index in [1.165, 1.54) is 0 Å². The van der Waals surface area contributed by atoms with Crippen molar-refractivity contribution in [2.75, 3.05) is 11.9 Å². The second kappa shape index (κ2) is 6.12. The summed E-state index contributed by atoms with van der Waals surface area (Å²) in [5.41, 5.74) is 0.952. The molecule has 1 aromatic carbocycles. The molecule has 0 fully saturated rings. The predicted octanol–water partition coefficient (Wildman–Crippen LogP) is 4.31. The highest BCUT2D eigenvalue weighted by Gasteiger charge is 2.19. The molecule has 4 nitrogen and oxygen atoms in total. The van der Waals surface area contributed by atoms with E-state index < -0.39 is 0 Å². The molecule has 2 aromatic rings. The van der Waals surface area contributed by atoms with Crippen LogP contribution in [0.5, 0.6) is 11.6 Å². The summed E-state index contributed by atoms with van der Waals surface area (Å²) in [7, 11) is 0. The van der Waals surface area contributed by atoms with Crippen molar-refractivity contribution in [3.63, 3.8) is 0 Å². The first-order valence-electron chi connectivity index (χ1n) is 7.27. The molecule has 0 bridgehead atoms. The Morgan fingerprint density at radius 2 is 1.86 bits per heavy atom. The van der Waals surface area contributed by atoms with Crippen molar-refractivity contribution in [2.24, 2.45) is 0 Å². The topological polar surface area (TPSA) is 47.0 Å². The molecule has 0 aliphatic rings. The summed E-state index contributed by atoms with van der Waals surface area (Å²) in [6.07, 6.45) is 0. The van der Waals surface area contributed by atoms with Crippen molar-refractivity contribution in [2.45, 2.75) is 40.0 Å². The summed E-state index contributed by atoms with van der Waals surface area (Å²) in [6, 6.07) is 9.75. The quantitative estimate of drug-likeness (QED) is 0.909. The van der Waals surface area contributed by atoms with Gasteiger partial charge in [0.15, 0.2) is 0 Å². The van der Waals surface area contributed by atoms with Crippen molar-refractivity contribution in [1.82, 2.24) is 9.97 Å². The molecular weight excluding hydrogens is 262 g/mol. The summed E-state index contributed by atoms with van der Waals surface area (Å²) in [5.74, 6) is 2.95. The third kappa shape index (κ3) is 3.94. The standard InChI is InChI=1S/C17H23N3O/c1-6-18-14-11-15(20-16(19-14)17(3,4)5)21-13-10-8-7-9-12(13)2/h7-11H,6H2,1-5H3,(H,18,19,20). The number of hydrogen-bond donors (Lipinski definition) is 1. The van der Waals surface area contributed by atoms with Crippen LogP contribution < -0.4 is 10.1 Å². The molecule has 0 atom stereocenters. The van der Waals surface area contributed by atoms with E-state index in [1.807, 2.05) is 44.2 Å². The minimum Gasteiger partial charge on any atom is -0.439 e. The zero-order chi connectivity index (χ0) is 15.5. The van der Waals surface area contributed by atoms with Crippen LogP contribution in [0.1, 0.15) is 39.1 Å². The Kier molecular flexibility index (Phi) is 4.46. The SMILES string of the molecule is CCNc1cc(Oc2ccccc2C)nc(C(C)(C)C)n1. The average molecular weight is 285 g/mol. The molecule has 1 aromatic heterocycles. The number of aryl methyl sites for hydroxylation is 1. The fourth-order valence-corrected chi connectivity index (χ4v) is 1.87. The Balaban J connectivity index is 2.38. The highest BCUT2D eigenvalue weighted by atomic mass is 16.5. The minimum atomic E-state index is -0.130. The van der Waals surface area contributed by atoms with E-state index in [0.717, 1.165) is 29.5 Å². The van der Waals surface area contributed by atoms with Crippen LogP contribution in [0.3, 0.4) is 0 Å². The maximum absolute atomic E-state index is 5.94. The first kappa shape index (κ1) is 15.3. The number of nitrogens with zero attached hydrogens (tertiary/aromatic N) is 2. The van der Waals surface area contributed by atoms with Crippen LogP contribution in [-0.4, -0.2) is 16.5 Å². The lowest BCUT2D eigenvalue weighted by Gasteiger charge is -2.19. The largest absolute Gasteiger partial charge is 0.439 e. The maximum Gasteiger partial charge on any atom is 0.224 e. The van der Waals surface area contributed by atoms with Crippen LogP contribution in [0, 0.1) is 6.92 Å². The third-order valence-electron chi connectivity index (χ3n) is 3.04. The van der Waals surface area contributed by atoms with Gasteiger partial charge in [0.2, 0.25) is 5.88 Å². The van der Waals surface area contributed by atoms with E-state index in [4.69, 9.17) is 4.74 Å². The zero-order valence-corrected chi connectivity index (χ0v) is 13.4. The van der Waals surface area contributed by atoms with E-state index in [0.29, 0.717) is 5.88 Å². The van der Waals surface area contributed by atoms with Gasteiger partial charge in [-0.1, -0.05) is 39.0 Å². The van der Waals surface area contributed by atoms with Crippen LogP contribution >= 0.6 is 0 Å². The molecule has 1 N–H and O–H groups in total. The Labute approximate surface area is 126 Å². The molecule has 0 amide bonds. The molecule has 0 aliphatic carbocycles.